The predicted octanol–water partition coefficient (Wildman–Crippen LogP) is 4.44. The Hall–Kier alpha value is -2.20. The van der Waals surface area contributed by atoms with E-state index >= 15 is 0 Å². The number of hydrogen-bond acceptors (Lipinski definition) is 2. The van der Waals surface area contributed by atoms with Gasteiger partial charge >= 0.3 is 0 Å². The van der Waals surface area contributed by atoms with Crippen molar-refractivity contribution in [2.75, 3.05) is 5.32 Å². The van der Waals surface area contributed by atoms with Crippen LogP contribution in [0.3, 0.4) is 0 Å². The Morgan fingerprint density at radius 3 is 2.41 bits per heavy atom. The molecule has 2 N–H and O–H groups in total. The number of para-hydroxylation sites is 1. The second-order valence-corrected chi connectivity index (χ2v) is 5.87. The highest BCUT2D eigenvalue weighted by Crippen LogP contribution is 2.14. The van der Waals surface area contributed by atoms with Crippen molar-refractivity contribution < 1.29 is 0 Å². The number of benzene rings is 2. The third kappa shape index (κ3) is 4.67. The molecule has 0 aliphatic heterocycles. The van der Waals surface area contributed by atoms with Crippen molar-refractivity contribution in [1.29, 1.82) is 0 Å². The molecule has 0 saturated heterocycles. The number of nitrogens with one attached hydrogen (secondary N) is 2. The van der Waals surface area contributed by atoms with Crippen LogP contribution in [0.25, 0.3) is 0 Å². The van der Waals surface area contributed by atoms with E-state index in [4.69, 9.17) is 12.2 Å². The summed E-state index contributed by atoms with van der Waals surface area (Å²) in [5, 5.41) is 7.77. The average Bonchev–Trinajstić information content (AvgIpc) is 2.50. The SMILES string of the molecule is Cc1ccccc1NC(=S)N/N=C\c1ccc(C(C)C)cc1. The molecular formula is C18H21N3S. The molecule has 4 heteroatoms. The molecule has 0 unspecified atom stereocenters. The van der Waals surface area contributed by atoms with Crippen molar-refractivity contribution in [2.24, 2.45) is 5.10 Å². The van der Waals surface area contributed by atoms with Crippen LogP contribution in [-0.2, 0) is 0 Å². The Bertz CT molecular complexity index is 660. The molecule has 0 heterocycles. The molecule has 2 aromatic rings. The molecule has 0 spiro atoms. The lowest BCUT2D eigenvalue weighted by Gasteiger charge is -2.09. The van der Waals surface area contributed by atoms with Gasteiger partial charge in [0.2, 0.25) is 0 Å². The van der Waals surface area contributed by atoms with E-state index in [0.717, 1.165) is 16.8 Å². The molecule has 2 aromatic carbocycles. The summed E-state index contributed by atoms with van der Waals surface area (Å²) >= 11 is 5.23. The minimum atomic E-state index is 0.476. The van der Waals surface area contributed by atoms with Crippen molar-refractivity contribution in [3.05, 3.63) is 65.2 Å². The quantitative estimate of drug-likeness (QED) is 0.498. The van der Waals surface area contributed by atoms with Crippen molar-refractivity contribution in [2.45, 2.75) is 26.7 Å². The maximum atomic E-state index is 5.23. The summed E-state index contributed by atoms with van der Waals surface area (Å²) in [4.78, 5) is 0. The van der Waals surface area contributed by atoms with Gasteiger partial charge in [-0.2, -0.15) is 5.10 Å². The Balaban J connectivity index is 1.89. The van der Waals surface area contributed by atoms with Crippen molar-refractivity contribution in [3.63, 3.8) is 0 Å². The van der Waals surface area contributed by atoms with E-state index in [1.807, 2.05) is 31.2 Å². The van der Waals surface area contributed by atoms with Gasteiger partial charge in [0.25, 0.3) is 0 Å². The minimum absolute atomic E-state index is 0.476. The zero-order valence-corrected chi connectivity index (χ0v) is 13.9. The number of hydrazone groups is 1. The number of rotatable bonds is 4. The lowest BCUT2D eigenvalue weighted by Crippen LogP contribution is -2.24. The molecule has 0 radical (unpaired) electrons. The van der Waals surface area contributed by atoms with Crippen LogP contribution < -0.4 is 10.7 Å². The van der Waals surface area contributed by atoms with Gasteiger partial charge in [0, 0.05) is 5.69 Å². The Morgan fingerprint density at radius 2 is 1.77 bits per heavy atom. The van der Waals surface area contributed by atoms with E-state index in [2.05, 4.69) is 54.0 Å². The number of thiocarbonyl (C=S) groups is 1. The monoisotopic (exact) mass is 311 g/mol. The average molecular weight is 311 g/mol. The van der Waals surface area contributed by atoms with Gasteiger partial charge in [-0.05, 0) is 47.8 Å². The van der Waals surface area contributed by atoms with Crippen molar-refractivity contribution in [1.82, 2.24) is 5.43 Å². The van der Waals surface area contributed by atoms with Crippen LogP contribution in [0.5, 0.6) is 0 Å². The van der Waals surface area contributed by atoms with Crippen LogP contribution in [-0.4, -0.2) is 11.3 Å². The summed E-state index contributed by atoms with van der Waals surface area (Å²) in [5.41, 5.74) is 7.31. The number of anilines is 1. The van der Waals surface area contributed by atoms with Gasteiger partial charge in [0.15, 0.2) is 5.11 Å². The minimum Gasteiger partial charge on any atom is -0.331 e. The molecule has 114 valence electrons. The van der Waals surface area contributed by atoms with E-state index in [-0.39, 0.29) is 0 Å². The number of nitrogens with zero attached hydrogens (tertiary/aromatic N) is 1. The highest BCUT2D eigenvalue weighted by molar-refractivity contribution is 7.80. The van der Waals surface area contributed by atoms with Crippen LogP contribution in [0.15, 0.2) is 53.6 Å². The van der Waals surface area contributed by atoms with Gasteiger partial charge in [0.1, 0.15) is 0 Å². The molecule has 0 bridgehead atoms. The topological polar surface area (TPSA) is 36.4 Å². The lowest BCUT2D eigenvalue weighted by molar-refractivity contribution is 0.866. The maximum Gasteiger partial charge on any atom is 0.191 e. The number of aryl methyl sites for hydroxylation is 1. The maximum absolute atomic E-state index is 5.23. The fourth-order valence-electron chi connectivity index (χ4n) is 2.00. The standard InChI is InChI=1S/C18H21N3S/c1-13(2)16-10-8-15(9-11-16)12-19-21-18(22)20-17-7-5-4-6-14(17)3/h4-13H,1-3H3,(H2,20,21,22)/b19-12-. The molecule has 22 heavy (non-hydrogen) atoms. The molecule has 0 aliphatic carbocycles. The summed E-state index contributed by atoms with van der Waals surface area (Å²) in [7, 11) is 0. The van der Waals surface area contributed by atoms with Crippen molar-refractivity contribution >= 4 is 29.2 Å². The van der Waals surface area contributed by atoms with Crippen LogP contribution >= 0.6 is 12.2 Å². The lowest BCUT2D eigenvalue weighted by atomic mass is 10.0. The number of hydrogen-bond donors (Lipinski definition) is 2. The third-order valence-electron chi connectivity index (χ3n) is 3.38. The Labute approximate surface area is 137 Å². The van der Waals surface area contributed by atoms with E-state index in [1.165, 1.54) is 5.56 Å². The smallest absolute Gasteiger partial charge is 0.191 e. The molecule has 3 nitrogen and oxygen atoms in total. The van der Waals surface area contributed by atoms with Gasteiger partial charge in [-0.1, -0.05) is 56.3 Å². The fourth-order valence-corrected chi connectivity index (χ4v) is 2.16. The van der Waals surface area contributed by atoms with E-state index < -0.39 is 0 Å². The molecular weight excluding hydrogens is 290 g/mol. The summed E-state index contributed by atoms with van der Waals surface area (Å²) in [6.07, 6.45) is 1.76. The molecule has 0 fully saturated rings. The Kier molecular flexibility index (Phi) is 5.67. The molecule has 0 aromatic heterocycles. The highest BCUT2D eigenvalue weighted by atomic mass is 32.1. The zero-order valence-electron chi connectivity index (χ0n) is 13.1. The fraction of sp³-hybridized carbons (Fsp3) is 0.222. The third-order valence-corrected chi connectivity index (χ3v) is 3.57. The first-order valence-electron chi connectivity index (χ1n) is 7.32. The summed E-state index contributed by atoms with van der Waals surface area (Å²) in [5.74, 6) is 0.537. The van der Waals surface area contributed by atoms with E-state index in [0.29, 0.717) is 11.0 Å². The zero-order chi connectivity index (χ0) is 15.9. The van der Waals surface area contributed by atoms with Gasteiger partial charge in [-0.3, -0.25) is 5.43 Å². The summed E-state index contributed by atoms with van der Waals surface area (Å²) in [6.45, 7) is 6.39. The van der Waals surface area contributed by atoms with Crippen LogP contribution in [0, 0.1) is 6.92 Å². The highest BCUT2D eigenvalue weighted by Gasteiger charge is 1.99. The normalized spacial score (nSPS) is 10.9. The van der Waals surface area contributed by atoms with Gasteiger partial charge in [0.05, 0.1) is 6.21 Å². The molecule has 2 rings (SSSR count). The molecule has 0 saturated carbocycles. The second kappa shape index (κ2) is 7.71. The molecule has 0 atom stereocenters. The first kappa shape index (κ1) is 16.2. The Morgan fingerprint density at radius 1 is 1.09 bits per heavy atom. The van der Waals surface area contributed by atoms with Gasteiger partial charge < -0.3 is 5.32 Å². The second-order valence-electron chi connectivity index (χ2n) is 5.46. The first-order chi connectivity index (χ1) is 10.6. The van der Waals surface area contributed by atoms with Gasteiger partial charge in [-0.25, -0.2) is 0 Å². The van der Waals surface area contributed by atoms with Crippen molar-refractivity contribution in [3.8, 4) is 0 Å². The van der Waals surface area contributed by atoms with Crippen LogP contribution in [0.4, 0.5) is 5.69 Å². The van der Waals surface area contributed by atoms with E-state index in [1.54, 1.807) is 6.21 Å². The largest absolute Gasteiger partial charge is 0.331 e. The van der Waals surface area contributed by atoms with Gasteiger partial charge in [-0.15, -0.1) is 0 Å². The molecule has 0 amide bonds. The summed E-state index contributed by atoms with van der Waals surface area (Å²) < 4.78 is 0. The van der Waals surface area contributed by atoms with Crippen LogP contribution in [0.1, 0.15) is 36.5 Å². The first-order valence-corrected chi connectivity index (χ1v) is 7.72. The van der Waals surface area contributed by atoms with Crippen LogP contribution in [0.2, 0.25) is 0 Å². The summed E-state index contributed by atoms with van der Waals surface area (Å²) in [6, 6.07) is 16.3. The molecule has 0 aliphatic rings. The predicted molar refractivity (Wildman–Crippen MR) is 98.7 cm³/mol. The van der Waals surface area contributed by atoms with E-state index in [9.17, 15) is 0 Å².